The summed E-state index contributed by atoms with van der Waals surface area (Å²) >= 11 is 1.45. The molecule has 0 aliphatic carbocycles. The molecule has 0 saturated carbocycles. The topological polar surface area (TPSA) is 66.5 Å². The van der Waals surface area contributed by atoms with Gasteiger partial charge in [0, 0.05) is 23.7 Å². The smallest absolute Gasteiger partial charge is 0.261 e. The van der Waals surface area contributed by atoms with Crippen molar-refractivity contribution in [3.8, 4) is 0 Å². The summed E-state index contributed by atoms with van der Waals surface area (Å²) in [5, 5.41) is 0. The van der Waals surface area contributed by atoms with Crippen LogP contribution >= 0.6 is 11.8 Å². The van der Waals surface area contributed by atoms with Crippen LogP contribution in [0.4, 0.5) is 5.69 Å². The van der Waals surface area contributed by atoms with Gasteiger partial charge in [0.15, 0.2) is 0 Å². The summed E-state index contributed by atoms with van der Waals surface area (Å²) in [7, 11) is -3.78. The first-order chi connectivity index (χ1) is 13.3. The van der Waals surface area contributed by atoms with Crippen molar-refractivity contribution in [2.24, 2.45) is 5.92 Å². The fourth-order valence-electron chi connectivity index (χ4n) is 3.24. The lowest BCUT2D eigenvalue weighted by molar-refractivity contribution is 0.0693. The normalized spacial score (nSPS) is 15.5. The molecule has 0 atom stereocenters. The summed E-state index contributed by atoms with van der Waals surface area (Å²) in [5.74, 6) is 0.526. The number of anilines is 1. The van der Waals surface area contributed by atoms with E-state index in [9.17, 15) is 13.2 Å². The third-order valence-electron chi connectivity index (χ3n) is 5.09. The molecule has 1 aliphatic rings. The average molecular weight is 419 g/mol. The second-order valence-corrected chi connectivity index (χ2v) is 9.84. The van der Waals surface area contributed by atoms with Crippen molar-refractivity contribution in [3.05, 3.63) is 53.6 Å². The number of carbonyl (C=O) groups excluding carboxylic acids is 1. The summed E-state index contributed by atoms with van der Waals surface area (Å²) < 4.78 is 28.3. The van der Waals surface area contributed by atoms with Gasteiger partial charge in [-0.1, -0.05) is 24.6 Å². The minimum absolute atomic E-state index is 0.0939. The molecule has 28 heavy (non-hydrogen) atoms. The Morgan fingerprint density at radius 1 is 1.11 bits per heavy atom. The maximum atomic E-state index is 13.1. The number of hydrogen-bond donors (Lipinski definition) is 1. The molecule has 0 radical (unpaired) electrons. The molecule has 7 heteroatoms. The highest BCUT2D eigenvalue weighted by Gasteiger charge is 2.25. The van der Waals surface area contributed by atoms with Crippen molar-refractivity contribution < 1.29 is 13.2 Å². The predicted molar refractivity (Wildman–Crippen MR) is 115 cm³/mol. The van der Waals surface area contributed by atoms with Gasteiger partial charge in [0.25, 0.3) is 15.9 Å². The second-order valence-electron chi connectivity index (χ2n) is 7.31. The molecule has 1 N–H and O–H groups in total. The monoisotopic (exact) mass is 418 g/mol. The van der Waals surface area contributed by atoms with Crippen LogP contribution < -0.4 is 4.72 Å². The molecule has 0 bridgehead atoms. The standard InChI is InChI=1S/C21H26N2O3S2/c1-15-4-6-17(7-5-15)22-28(25,26)18-8-9-20(27-3)19(14-18)21(24)23-12-10-16(2)11-13-23/h4-9,14,16,22H,10-13H2,1-3H3. The van der Waals surface area contributed by atoms with Crippen LogP contribution in [0.1, 0.15) is 35.7 Å². The highest BCUT2D eigenvalue weighted by molar-refractivity contribution is 7.98. The molecule has 0 spiro atoms. The number of thioether (sulfide) groups is 1. The second kappa shape index (κ2) is 8.57. The fourth-order valence-corrected chi connectivity index (χ4v) is 4.89. The Bertz CT molecular complexity index is 948. The number of nitrogens with one attached hydrogen (secondary N) is 1. The van der Waals surface area contributed by atoms with Gasteiger partial charge < -0.3 is 4.90 Å². The number of hydrogen-bond acceptors (Lipinski definition) is 4. The minimum atomic E-state index is -3.78. The first kappa shape index (κ1) is 20.7. The van der Waals surface area contributed by atoms with E-state index in [-0.39, 0.29) is 10.8 Å². The summed E-state index contributed by atoms with van der Waals surface area (Å²) in [6.45, 7) is 5.57. The number of rotatable bonds is 5. The summed E-state index contributed by atoms with van der Waals surface area (Å²) in [6, 6.07) is 11.9. The highest BCUT2D eigenvalue weighted by atomic mass is 32.2. The van der Waals surface area contributed by atoms with Gasteiger partial charge in [-0.3, -0.25) is 9.52 Å². The molecule has 1 aliphatic heterocycles. The Balaban J connectivity index is 1.89. The van der Waals surface area contributed by atoms with Gasteiger partial charge in [-0.15, -0.1) is 11.8 Å². The molecule has 2 aromatic rings. The Kier molecular flexibility index (Phi) is 6.35. The van der Waals surface area contributed by atoms with Crippen molar-refractivity contribution in [2.75, 3.05) is 24.1 Å². The van der Waals surface area contributed by atoms with Crippen LogP contribution in [0.3, 0.4) is 0 Å². The molecule has 1 amide bonds. The van der Waals surface area contributed by atoms with E-state index >= 15 is 0 Å². The van der Waals surface area contributed by atoms with Crippen molar-refractivity contribution in [1.82, 2.24) is 4.90 Å². The Morgan fingerprint density at radius 2 is 1.75 bits per heavy atom. The number of nitrogens with zero attached hydrogens (tertiary/aromatic N) is 1. The lowest BCUT2D eigenvalue weighted by atomic mass is 9.98. The molecule has 2 aromatic carbocycles. The molecular formula is C21H26N2O3S2. The molecule has 1 fully saturated rings. The van der Waals surface area contributed by atoms with E-state index in [1.54, 1.807) is 24.3 Å². The number of carbonyl (C=O) groups is 1. The van der Waals surface area contributed by atoms with E-state index in [2.05, 4.69) is 11.6 Å². The number of benzene rings is 2. The van der Waals surface area contributed by atoms with Crippen molar-refractivity contribution >= 4 is 33.4 Å². The van der Waals surface area contributed by atoms with E-state index in [1.165, 1.54) is 17.8 Å². The van der Waals surface area contributed by atoms with E-state index in [1.807, 2.05) is 30.2 Å². The van der Waals surface area contributed by atoms with Crippen molar-refractivity contribution in [1.29, 1.82) is 0 Å². The van der Waals surface area contributed by atoms with Crippen molar-refractivity contribution in [3.63, 3.8) is 0 Å². The molecular weight excluding hydrogens is 392 g/mol. The van der Waals surface area contributed by atoms with Gasteiger partial charge in [0.1, 0.15) is 0 Å². The van der Waals surface area contributed by atoms with Gasteiger partial charge in [-0.05, 0) is 62.3 Å². The van der Waals surface area contributed by atoms with E-state index in [0.29, 0.717) is 30.3 Å². The molecule has 3 rings (SSSR count). The zero-order chi connectivity index (χ0) is 20.3. The third-order valence-corrected chi connectivity index (χ3v) is 7.26. The summed E-state index contributed by atoms with van der Waals surface area (Å²) in [4.78, 5) is 15.8. The van der Waals surface area contributed by atoms with Crippen molar-refractivity contribution in [2.45, 2.75) is 36.5 Å². The maximum absolute atomic E-state index is 13.1. The third kappa shape index (κ3) is 4.70. The molecule has 0 aromatic heterocycles. The van der Waals surface area contributed by atoms with E-state index in [4.69, 9.17) is 0 Å². The van der Waals surface area contributed by atoms with Gasteiger partial charge in [-0.2, -0.15) is 0 Å². The van der Waals surface area contributed by atoms with Gasteiger partial charge in [0.2, 0.25) is 0 Å². The number of amides is 1. The Hall–Kier alpha value is -1.99. The first-order valence-corrected chi connectivity index (χ1v) is 12.1. The summed E-state index contributed by atoms with van der Waals surface area (Å²) in [6.07, 6.45) is 3.85. The van der Waals surface area contributed by atoms with Gasteiger partial charge >= 0.3 is 0 Å². The van der Waals surface area contributed by atoms with Crippen LogP contribution in [0.15, 0.2) is 52.3 Å². The zero-order valence-corrected chi connectivity index (χ0v) is 18.1. The average Bonchev–Trinajstić information content (AvgIpc) is 2.69. The minimum Gasteiger partial charge on any atom is -0.339 e. The summed E-state index contributed by atoms with van der Waals surface area (Å²) in [5.41, 5.74) is 2.00. The molecule has 1 heterocycles. The van der Waals surface area contributed by atoms with Gasteiger partial charge in [-0.25, -0.2) is 8.42 Å². The molecule has 1 saturated heterocycles. The molecule has 150 valence electrons. The number of sulfonamides is 1. The van der Waals surface area contributed by atoms with Crippen LogP contribution in [-0.4, -0.2) is 38.6 Å². The zero-order valence-electron chi connectivity index (χ0n) is 16.4. The maximum Gasteiger partial charge on any atom is 0.261 e. The number of aryl methyl sites for hydroxylation is 1. The van der Waals surface area contributed by atoms with Crippen LogP contribution in [0.2, 0.25) is 0 Å². The number of piperidine rings is 1. The number of likely N-dealkylation sites (tertiary alicyclic amines) is 1. The molecule has 0 unspecified atom stereocenters. The van der Waals surface area contributed by atoms with Crippen LogP contribution in [-0.2, 0) is 10.0 Å². The van der Waals surface area contributed by atoms with Crippen LogP contribution in [0, 0.1) is 12.8 Å². The SMILES string of the molecule is CSc1ccc(S(=O)(=O)Nc2ccc(C)cc2)cc1C(=O)N1CCC(C)CC1. The van der Waals surface area contributed by atoms with Gasteiger partial charge in [0.05, 0.1) is 10.5 Å². The fraction of sp³-hybridized carbons (Fsp3) is 0.381. The highest BCUT2D eigenvalue weighted by Crippen LogP contribution is 2.28. The largest absolute Gasteiger partial charge is 0.339 e. The van der Waals surface area contributed by atoms with Crippen LogP contribution in [0.5, 0.6) is 0 Å². The lowest BCUT2D eigenvalue weighted by Crippen LogP contribution is -2.38. The van der Waals surface area contributed by atoms with Crippen LogP contribution in [0.25, 0.3) is 0 Å². The lowest BCUT2D eigenvalue weighted by Gasteiger charge is -2.30. The predicted octanol–water partition coefficient (Wildman–Crippen LogP) is 4.39. The quantitative estimate of drug-likeness (QED) is 0.732. The van der Waals surface area contributed by atoms with E-state index < -0.39 is 10.0 Å². The first-order valence-electron chi connectivity index (χ1n) is 9.37. The molecule has 5 nitrogen and oxygen atoms in total. The Morgan fingerprint density at radius 3 is 2.36 bits per heavy atom. The Labute approximate surface area is 171 Å². The van der Waals surface area contributed by atoms with E-state index in [0.717, 1.165) is 23.3 Å².